The quantitative estimate of drug-likeness (QED) is 0.583. The number of carbonyl (C=O) groups excluding carboxylic acids is 2. The molecule has 0 bridgehead atoms. The van der Waals surface area contributed by atoms with E-state index in [1.807, 2.05) is 52.8 Å². The minimum Gasteiger partial charge on any atom is -0.490 e. The Morgan fingerprint density at radius 2 is 1.63 bits per heavy atom. The zero-order chi connectivity index (χ0) is 20.4. The maximum atomic E-state index is 12.7. The Balaban J connectivity index is 2.88. The Hall–Kier alpha value is -2.24. The molecule has 1 aromatic carbocycles. The van der Waals surface area contributed by atoms with Gasteiger partial charge in [-0.25, -0.2) is 0 Å². The van der Waals surface area contributed by atoms with Gasteiger partial charge in [0.1, 0.15) is 0 Å². The van der Waals surface area contributed by atoms with E-state index in [-0.39, 0.29) is 18.3 Å². The lowest BCUT2D eigenvalue weighted by molar-refractivity contribution is -0.143. The molecule has 6 heteroatoms. The molecule has 152 valence electrons. The summed E-state index contributed by atoms with van der Waals surface area (Å²) in [5.74, 6) is 1.13. The Bertz CT molecular complexity index is 621. The van der Waals surface area contributed by atoms with Gasteiger partial charge in [0.2, 0.25) is 5.91 Å². The van der Waals surface area contributed by atoms with Crippen molar-refractivity contribution in [2.45, 2.75) is 47.5 Å². The molecule has 0 radical (unpaired) electrons. The van der Waals surface area contributed by atoms with E-state index in [4.69, 9.17) is 14.2 Å². The monoisotopic (exact) mass is 379 g/mol. The van der Waals surface area contributed by atoms with Gasteiger partial charge in [-0.2, -0.15) is 0 Å². The molecule has 0 aliphatic carbocycles. The standard InChI is InChI=1S/C21H33NO5/c1-7-26-17-10-9-16(15-18(17)27-8-2)11-13-22(14-12-19(23)25-6)20(24)21(3,4)5/h9-10,15H,7-8,11-14H2,1-6H3. The third-order valence-corrected chi connectivity index (χ3v) is 4.02. The predicted octanol–water partition coefficient (Wildman–Crippen LogP) is 3.46. The van der Waals surface area contributed by atoms with E-state index in [0.29, 0.717) is 38.5 Å². The number of amides is 1. The summed E-state index contributed by atoms with van der Waals surface area (Å²) in [4.78, 5) is 25.9. The summed E-state index contributed by atoms with van der Waals surface area (Å²) >= 11 is 0. The number of esters is 1. The number of methoxy groups -OCH3 is 1. The highest BCUT2D eigenvalue weighted by atomic mass is 16.5. The molecule has 6 nitrogen and oxygen atoms in total. The van der Waals surface area contributed by atoms with Crippen molar-refractivity contribution in [1.29, 1.82) is 0 Å². The molecule has 1 amide bonds. The van der Waals surface area contributed by atoms with Crippen LogP contribution in [0, 0.1) is 5.41 Å². The highest BCUT2D eigenvalue weighted by Gasteiger charge is 2.27. The van der Waals surface area contributed by atoms with Crippen LogP contribution in [0.15, 0.2) is 18.2 Å². The van der Waals surface area contributed by atoms with Crippen LogP contribution in [0.1, 0.15) is 46.6 Å². The molecule has 0 aromatic heterocycles. The SMILES string of the molecule is CCOc1ccc(CCN(CCC(=O)OC)C(=O)C(C)(C)C)cc1OCC. The van der Waals surface area contributed by atoms with Crippen LogP contribution in [-0.4, -0.2) is 50.2 Å². The maximum Gasteiger partial charge on any atom is 0.307 e. The van der Waals surface area contributed by atoms with Gasteiger partial charge in [-0.3, -0.25) is 9.59 Å². The first-order chi connectivity index (χ1) is 12.7. The summed E-state index contributed by atoms with van der Waals surface area (Å²) in [6.45, 7) is 11.5. The van der Waals surface area contributed by atoms with Crippen LogP contribution in [-0.2, 0) is 20.7 Å². The summed E-state index contributed by atoms with van der Waals surface area (Å²) in [5, 5.41) is 0. The smallest absolute Gasteiger partial charge is 0.307 e. The molecule has 1 aromatic rings. The van der Waals surface area contributed by atoms with Gasteiger partial charge in [0.15, 0.2) is 11.5 Å². The van der Waals surface area contributed by atoms with E-state index in [0.717, 1.165) is 11.3 Å². The summed E-state index contributed by atoms with van der Waals surface area (Å²) in [5.41, 5.74) is 0.539. The lowest BCUT2D eigenvalue weighted by Crippen LogP contribution is -2.41. The first kappa shape index (κ1) is 22.8. The minimum absolute atomic E-state index is 0.0161. The largest absolute Gasteiger partial charge is 0.490 e. The van der Waals surface area contributed by atoms with Crippen LogP contribution < -0.4 is 9.47 Å². The first-order valence-electron chi connectivity index (χ1n) is 9.47. The van der Waals surface area contributed by atoms with Crippen LogP contribution in [0.3, 0.4) is 0 Å². The van der Waals surface area contributed by atoms with E-state index < -0.39 is 5.41 Å². The molecule has 1 rings (SSSR count). The molecule has 0 aliphatic heterocycles. The van der Waals surface area contributed by atoms with E-state index in [1.54, 1.807) is 4.90 Å². The fraction of sp³-hybridized carbons (Fsp3) is 0.619. The number of nitrogens with zero attached hydrogens (tertiary/aromatic N) is 1. The third kappa shape index (κ3) is 7.49. The summed E-state index contributed by atoms with van der Waals surface area (Å²) in [6, 6.07) is 5.83. The van der Waals surface area contributed by atoms with Gasteiger partial charge < -0.3 is 19.1 Å². The van der Waals surface area contributed by atoms with Crippen molar-refractivity contribution in [3.05, 3.63) is 23.8 Å². The highest BCUT2D eigenvalue weighted by Crippen LogP contribution is 2.29. The molecule has 0 atom stereocenters. The summed E-state index contributed by atoms with van der Waals surface area (Å²) < 4.78 is 16.0. The number of hydrogen-bond donors (Lipinski definition) is 0. The molecule has 0 saturated heterocycles. The summed E-state index contributed by atoms with van der Waals surface area (Å²) in [6.07, 6.45) is 0.848. The van der Waals surface area contributed by atoms with E-state index in [1.165, 1.54) is 7.11 Å². The first-order valence-corrected chi connectivity index (χ1v) is 9.47. The van der Waals surface area contributed by atoms with Crippen molar-refractivity contribution < 1.29 is 23.8 Å². The average molecular weight is 379 g/mol. The van der Waals surface area contributed by atoms with Crippen molar-refractivity contribution in [2.24, 2.45) is 5.41 Å². The molecule has 0 spiro atoms. The minimum atomic E-state index is -0.509. The van der Waals surface area contributed by atoms with Crippen LogP contribution in [0.4, 0.5) is 0 Å². The Kier molecular flexibility index (Phi) is 9.12. The maximum absolute atomic E-state index is 12.7. The lowest BCUT2D eigenvalue weighted by atomic mass is 9.94. The molecular weight excluding hydrogens is 346 g/mol. The molecular formula is C21H33NO5. The number of hydrogen-bond acceptors (Lipinski definition) is 5. The van der Waals surface area contributed by atoms with Gasteiger partial charge in [-0.15, -0.1) is 0 Å². The van der Waals surface area contributed by atoms with Gasteiger partial charge in [0.25, 0.3) is 0 Å². The predicted molar refractivity (Wildman–Crippen MR) is 105 cm³/mol. The molecule has 0 saturated carbocycles. The van der Waals surface area contributed by atoms with Crippen molar-refractivity contribution in [3.8, 4) is 11.5 Å². The fourth-order valence-corrected chi connectivity index (χ4v) is 2.63. The molecule has 0 unspecified atom stereocenters. The van der Waals surface area contributed by atoms with Crippen molar-refractivity contribution in [1.82, 2.24) is 4.90 Å². The van der Waals surface area contributed by atoms with Crippen LogP contribution >= 0.6 is 0 Å². The van der Waals surface area contributed by atoms with Gasteiger partial charge in [0.05, 0.1) is 26.7 Å². The zero-order valence-electron chi connectivity index (χ0n) is 17.5. The second kappa shape index (κ2) is 10.8. The van der Waals surface area contributed by atoms with Crippen LogP contribution in [0.25, 0.3) is 0 Å². The molecule has 0 N–H and O–H groups in total. The van der Waals surface area contributed by atoms with Gasteiger partial charge >= 0.3 is 5.97 Å². The topological polar surface area (TPSA) is 65.1 Å². The van der Waals surface area contributed by atoms with E-state index >= 15 is 0 Å². The van der Waals surface area contributed by atoms with Crippen molar-refractivity contribution >= 4 is 11.9 Å². The number of carbonyl (C=O) groups is 2. The molecule has 0 fully saturated rings. The Morgan fingerprint density at radius 3 is 2.19 bits per heavy atom. The Labute approximate surface area is 162 Å². The van der Waals surface area contributed by atoms with Gasteiger partial charge in [0, 0.05) is 18.5 Å². The molecule has 27 heavy (non-hydrogen) atoms. The molecule has 0 heterocycles. The Morgan fingerprint density at radius 1 is 1.00 bits per heavy atom. The van der Waals surface area contributed by atoms with Gasteiger partial charge in [-0.05, 0) is 38.0 Å². The highest BCUT2D eigenvalue weighted by molar-refractivity contribution is 5.82. The van der Waals surface area contributed by atoms with Crippen molar-refractivity contribution in [3.63, 3.8) is 0 Å². The number of rotatable bonds is 10. The van der Waals surface area contributed by atoms with E-state index in [2.05, 4.69) is 0 Å². The van der Waals surface area contributed by atoms with Gasteiger partial charge in [-0.1, -0.05) is 26.8 Å². The van der Waals surface area contributed by atoms with E-state index in [9.17, 15) is 9.59 Å². The number of ether oxygens (including phenoxy) is 3. The summed E-state index contributed by atoms with van der Waals surface area (Å²) in [7, 11) is 1.35. The van der Waals surface area contributed by atoms with Crippen LogP contribution in [0.5, 0.6) is 11.5 Å². The second-order valence-corrected chi connectivity index (χ2v) is 7.27. The van der Waals surface area contributed by atoms with Crippen molar-refractivity contribution in [2.75, 3.05) is 33.4 Å². The number of benzene rings is 1. The fourth-order valence-electron chi connectivity index (χ4n) is 2.63. The third-order valence-electron chi connectivity index (χ3n) is 4.02. The normalized spacial score (nSPS) is 11.0. The lowest BCUT2D eigenvalue weighted by Gasteiger charge is -2.29. The zero-order valence-corrected chi connectivity index (χ0v) is 17.5. The van der Waals surface area contributed by atoms with Crippen LogP contribution in [0.2, 0.25) is 0 Å². The average Bonchev–Trinajstić information content (AvgIpc) is 2.62. The second-order valence-electron chi connectivity index (χ2n) is 7.27. The molecule has 0 aliphatic rings.